The third kappa shape index (κ3) is 5.72. The zero-order valence-electron chi connectivity index (χ0n) is 23.9. The van der Waals surface area contributed by atoms with Gasteiger partial charge >= 0.3 is 6.01 Å². The van der Waals surface area contributed by atoms with Gasteiger partial charge in [0, 0.05) is 69.0 Å². The lowest BCUT2D eigenvalue weighted by Crippen LogP contribution is -2.37. The summed E-state index contributed by atoms with van der Waals surface area (Å²) in [6.07, 6.45) is 5.75. The van der Waals surface area contributed by atoms with Crippen LogP contribution in [-0.4, -0.2) is 96.8 Å². The van der Waals surface area contributed by atoms with E-state index in [4.69, 9.17) is 21.1 Å². The maximum Gasteiger partial charge on any atom is 0.318 e. The molecule has 4 heterocycles. The number of amides is 1. The summed E-state index contributed by atoms with van der Waals surface area (Å²) in [5, 5.41) is 1.30. The summed E-state index contributed by atoms with van der Waals surface area (Å²) >= 11 is 6.32. The molecule has 0 aliphatic carbocycles. The van der Waals surface area contributed by atoms with Gasteiger partial charge in [0.05, 0.1) is 30.7 Å². The van der Waals surface area contributed by atoms with Crippen molar-refractivity contribution in [3.05, 3.63) is 65.3 Å². The Labute approximate surface area is 252 Å². The number of likely N-dealkylation sites (tertiary alicyclic amines) is 1. The van der Waals surface area contributed by atoms with Crippen LogP contribution in [0.2, 0.25) is 5.02 Å². The van der Waals surface area contributed by atoms with Gasteiger partial charge in [0.25, 0.3) is 0 Å². The predicted octanol–water partition coefficient (Wildman–Crippen LogP) is 4.71. The number of benzene rings is 2. The van der Waals surface area contributed by atoms with Crippen LogP contribution < -0.4 is 9.64 Å². The number of fused-ring (bicyclic) bond motifs is 2. The number of aromatic nitrogens is 3. The van der Waals surface area contributed by atoms with E-state index in [-0.39, 0.29) is 34.2 Å². The van der Waals surface area contributed by atoms with Gasteiger partial charge in [-0.2, -0.15) is 9.97 Å². The van der Waals surface area contributed by atoms with Crippen molar-refractivity contribution in [2.24, 2.45) is 0 Å². The highest BCUT2D eigenvalue weighted by molar-refractivity contribution is 6.36. The van der Waals surface area contributed by atoms with E-state index < -0.39 is 11.6 Å². The maximum absolute atomic E-state index is 16.2. The molecule has 2 saturated heterocycles. The number of halogens is 3. The fourth-order valence-electron chi connectivity index (χ4n) is 5.70. The van der Waals surface area contributed by atoms with E-state index in [9.17, 15) is 9.18 Å². The Kier molecular flexibility index (Phi) is 8.38. The summed E-state index contributed by atoms with van der Waals surface area (Å²) in [6, 6.07) is 7.95. The summed E-state index contributed by atoms with van der Waals surface area (Å²) in [5.74, 6) is -0.914. The van der Waals surface area contributed by atoms with Gasteiger partial charge in [-0.15, -0.1) is 0 Å². The van der Waals surface area contributed by atoms with E-state index in [0.717, 1.165) is 13.1 Å². The summed E-state index contributed by atoms with van der Waals surface area (Å²) in [4.78, 5) is 32.2. The highest BCUT2D eigenvalue weighted by Crippen LogP contribution is 2.38. The third-order valence-corrected chi connectivity index (χ3v) is 8.47. The van der Waals surface area contributed by atoms with Crippen molar-refractivity contribution in [2.45, 2.75) is 12.5 Å². The molecular weight excluding hydrogens is 578 g/mol. The molecule has 43 heavy (non-hydrogen) atoms. The molecule has 1 atom stereocenters. The second-order valence-electron chi connectivity index (χ2n) is 10.6. The molecule has 4 aromatic rings. The number of likely N-dealkylation sites (N-methyl/N-ethyl adjacent to an activating group) is 1. The van der Waals surface area contributed by atoms with Crippen LogP contribution in [0.1, 0.15) is 6.42 Å². The molecule has 224 valence electrons. The van der Waals surface area contributed by atoms with E-state index in [1.54, 1.807) is 35.2 Å². The van der Waals surface area contributed by atoms with Gasteiger partial charge in [-0.1, -0.05) is 41.9 Å². The lowest BCUT2D eigenvalue weighted by molar-refractivity contribution is -0.125. The first-order valence-corrected chi connectivity index (χ1v) is 14.5. The number of hydrogen-bond acceptors (Lipinski definition) is 8. The number of morpholine rings is 1. The van der Waals surface area contributed by atoms with E-state index in [1.165, 1.54) is 19.4 Å². The van der Waals surface area contributed by atoms with E-state index in [2.05, 4.69) is 19.9 Å². The fourth-order valence-corrected chi connectivity index (χ4v) is 5.97. The normalized spacial score (nSPS) is 17.8. The number of rotatable bonds is 7. The fraction of sp³-hybridized carbons (Fsp3) is 0.355. The number of methoxy groups -OCH3 is 1. The number of carbonyl (C=O) groups excluding carboxylic acids is 1. The highest BCUT2D eigenvalue weighted by Gasteiger charge is 2.31. The monoisotopic (exact) mass is 608 g/mol. The molecule has 12 heteroatoms. The predicted molar refractivity (Wildman–Crippen MR) is 162 cm³/mol. The smallest absolute Gasteiger partial charge is 0.318 e. The van der Waals surface area contributed by atoms with Gasteiger partial charge < -0.3 is 19.3 Å². The molecule has 0 N–H and O–H groups in total. The van der Waals surface area contributed by atoms with Crippen molar-refractivity contribution in [2.75, 3.05) is 65.0 Å². The van der Waals surface area contributed by atoms with Gasteiger partial charge in [-0.05, 0) is 17.9 Å². The molecule has 0 radical (unpaired) electrons. The van der Waals surface area contributed by atoms with Crippen molar-refractivity contribution >= 4 is 45.0 Å². The largest absolute Gasteiger partial charge is 0.467 e. The van der Waals surface area contributed by atoms with E-state index in [1.807, 2.05) is 18.0 Å². The first-order valence-electron chi connectivity index (χ1n) is 14.1. The van der Waals surface area contributed by atoms with Crippen LogP contribution in [0.3, 0.4) is 0 Å². The number of carbonyl (C=O) groups is 1. The van der Waals surface area contributed by atoms with Crippen LogP contribution in [0.15, 0.2) is 48.7 Å². The first-order chi connectivity index (χ1) is 20.9. The molecule has 6 rings (SSSR count). The van der Waals surface area contributed by atoms with Crippen molar-refractivity contribution in [1.82, 2.24) is 24.8 Å². The third-order valence-electron chi connectivity index (χ3n) is 8.10. The SMILES string of the molecule is COc1nc(N(C)C2CCN(C(=O)/C=C/CN3CCOCC3)C2)c2cnc(-c3cccc4ccc(F)c(Cl)c34)c(F)c2n1. The van der Waals surface area contributed by atoms with Crippen LogP contribution in [0.25, 0.3) is 32.9 Å². The summed E-state index contributed by atoms with van der Waals surface area (Å²) in [6.45, 7) is 4.92. The molecular formula is C31H31ClF2N6O3. The molecule has 1 unspecified atom stereocenters. The Morgan fingerprint density at radius 2 is 2.00 bits per heavy atom. The Morgan fingerprint density at radius 1 is 1.19 bits per heavy atom. The number of anilines is 1. The molecule has 0 bridgehead atoms. The maximum atomic E-state index is 16.2. The standard InChI is InChI=1S/C31H31ClF2N6O3/c1-38(20-10-12-40(18-20)24(41)7-4-11-39-13-15-43-16-14-39)30-22-17-35-28(27(34)29(22)36-31(37-30)42-2)21-6-3-5-19-8-9-23(33)26(32)25(19)21/h3-9,17,20H,10-16,18H2,1-2H3/b7-4+. The lowest BCUT2D eigenvalue weighted by Gasteiger charge is -2.27. The molecule has 0 spiro atoms. The van der Waals surface area contributed by atoms with Gasteiger partial charge in [0.15, 0.2) is 5.82 Å². The molecule has 2 aromatic heterocycles. The second-order valence-corrected chi connectivity index (χ2v) is 11.0. The number of hydrogen-bond donors (Lipinski definition) is 0. The molecule has 9 nitrogen and oxygen atoms in total. The Morgan fingerprint density at radius 3 is 2.79 bits per heavy atom. The van der Waals surface area contributed by atoms with E-state index in [0.29, 0.717) is 66.8 Å². The molecule has 0 saturated carbocycles. The van der Waals surface area contributed by atoms with Gasteiger partial charge in [0.2, 0.25) is 5.91 Å². The highest BCUT2D eigenvalue weighted by atomic mass is 35.5. The van der Waals surface area contributed by atoms with Crippen LogP contribution in [0, 0.1) is 11.6 Å². The Bertz CT molecular complexity index is 1710. The molecule has 2 aliphatic rings. The van der Waals surface area contributed by atoms with E-state index >= 15 is 4.39 Å². The molecule has 2 aliphatic heterocycles. The van der Waals surface area contributed by atoms with Crippen LogP contribution >= 0.6 is 11.6 Å². The van der Waals surface area contributed by atoms with Crippen LogP contribution in [0.4, 0.5) is 14.6 Å². The Balaban J connectivity index is 1.28. The number of nitrogens with zero attached hydrogens (tertiary/aromatic N) is 6. The summed E-state index contributed by atoms with van der Waals surface area (Å²) in [7, 11) is 3.27. The average Bonchev–Trinajstić information content (AvgIpc) is 3.53. The second kappa shape index (κ2) is 12.4. The van der Waals surface area contributed by atoms with Gasteiger partial charge in [0.1, 0.15) is 22.8 Å². The minimum absolute atomic E-state index is 0.00984. The minimum atomic E-state index is -0.700. The average molecular weight is 609 g/mol. The molecule has 2 aromatic carbocycles. The van der Waals surface area contributed by atoms with Crippen molar-refractivity contribution in [1.29, 1.82) is 0 Å². The number of pyridine rings is 1. The molecule has 2 fully saturated rings. The van der Waals surface area contributed by atoms with Gasteiger partial charge in [-0.25, -0.2) is 8.78 Å². The van der Waals surface area contributed by atoms with Gasteiger partial charge in [-0.3, -0.25) is 14.7 Å². The zero-order valence-corrected chi connectivity index (χ0v) is 24.7. The number of ether oxygens (including phenoxy) is 2. The minimum Gasteiger partial charge on any atom is -0.467 e. The van der Waals surface area contributed by atoms with Crippen molar-refractivity contribution in [3.8, 4) is 17.3 Å². The molecule has 1 amide bonds. The summed E-state index contributed by atoms with van der Waals surface area (Å²) in [5.41, 5.74) is 0.349. The first kappa shape index (κ1) is 29.2. The van der Waals surface area contributed by atoms with Crippen LogP contribution in [-0.2, 0) is 9.53 Å². The van der Waals surface area contributed by atoms with Crippen molar-refractivity contribution in [3.63, 3.8) is 0 Å². The topological polar surface area (TPSA) is 83.9 Å². The quantitative estimate of drug-likeness (QED) is 0.279. The van der Waals surface area contributed by atoms with Crippen LogP contribution in [0.5, 0.6) is 6.01 Å². The summed E-state index contributed by atoms with van der Waals surface area (Å²) < 4.78 is 41.3. The Hall–Kier alpha value is -3.93. The lowest BCUT2D eigenvalue weighted by atomic mass is 10.0. The zero-order chi connectivity index (χ0) is 30.1. The van der Waals surface area contributed by atoms with Crippen molar-refractivity contribution < 1.29 is 23.0 Å².